The highest BCUT2D eigenvalue weighted by Gasteiger charge is 2.16. The maximum atomic E-state index is 4.66. The maximum Gasteiger partial charge on any atom is 0.0853 e. The Labute approximate surface area is 121 Å². The molecule has 1 unspecified atom stereocenters. The number of hydrogen-bond acceptors (Lipinski definition) is 3. The number of hydrogen-bond donors (Lipinski definition) is 1. The van der Waals surface area contributed by atoms with Gasteiger partial charge in [-0.1, -0.05) is 0 Å². The van der Waals surface area contributed by atoms with Crippen LogP contribution in [-0.2, 0) is 6.54 Å². The van der Waals surface area contributed by atoms with Crippen molar-refractivity contribution in [2.24, 2.45) is 0 Å². The van der Waals surface area contributed by atoms with Crippen molar-refractivity contribution in [2.45, 2.75) is 53.2 Å². The summed E-state index contributed by atoms with van der Waals surface area (Å²) in [5.41, 5.74) is 4.64. The van der Waals surface area contributed by atoms with Crippen molar-refractivity contribution < 1.29 is 0 Å². The lowest BCUT2D eigenvalue weighted by Crippen LogP contribution is -2.14. The molecule has 0 fully saturated rings. The molecule has 2 heterocycles. The first-order valence-electron chi connectivity index (χ1n) is 7.19. The van der Waals surface area contributed by atoms with E-state index in [1.807, 2.05) is 22.6 Å². The van der Waals surface area contributed by atoms with E-state index in [1.54, 1.807) is 0 Å². The maximum absolute atomic E-state index is 4.66. The highest BCUT2D eigenvalue weighted by Crippen LogP contribution is 2.21. The summed E-state index contributed by atoms with van der Waals surface area (Å²) in [7, 11) is 1.98. The van der Waals surface area contributed by atoms with Crippen LogP contribution in [0.2, 0.25) is 0 Å². The molecule has 1 atom stereocenters. The van der Waals surface area contributed by atoms with Crippen LogP contribution in [0.25, 0.3) is 0 Å². The Morgan fingerprint density at radius 2 is 1.90 bits per heavy atom. The number of aryl methyl sites for hydroxylation is 1. The standard InChI is InChI=1S/C15H25N5/c1-10(2)19-8-7-14(18-19)9-20-13(5)15(11(3)16-6)12(4)17-20/h7-8,10-11,16H,9H2,1-6H3. The molecule has 5 nitrogen and oxygen atoms in total. The highest BCUT2D eigenvalue weighted by atomic mass is 15.3. The van der Waals surface area contributed by atoms with E-state index >= 15 is 0 Å². The molecule has 0 aliphatic carbocycles. The monoisotopic (exact) mass is 275 g/mol. The third-order valence-corrected chi connectivity index (χ3v) is 3.81. The average molecular weight is 275 g/mol. The van der Waals surface area contributed by atoms with E-state index < -0.39 is 0 Å². The van der Waals surface area contributed by atoms with E-state index in [1.165, 1.54) is 11.3 Å². The summed E-state index contributed by atoms with van der Waals surface area (Å²) >= 11 is 0. The zero-order valence-electron chi connectivity index (χ0n) is 13.3. The lowest BCUT2D eigenvalue weighted by atomic mass is 10.1. The Bertz CT molecular complexity index is 579. The lowest BCUT2D eigenvalue weighted by Gasteiger charge is -2.11. The summed E-state index contributed by atoms with van der Waals surface area (Å²) in [5, 5.41) is 12.5. The number of nitrogens with zero attached hydrogens (tertiary/aromatic N) is 4. The molecule has 20 heavy (non-hydrogen) atoms. The number of rotatable bonds is 5. The summed E-state index contributed by atoms with van der Waals surface area (Å²) in [6.07, 6.45) is 2.03. The van der Waals surface area contributed by atoms with Gasteiger partial charge in [-0.05, 0) is 47.7 Å². The second-order valence-electron chi connectivity index (χ2n) is 5.63. The van der Waals surface area contributed by atoms with Gasteiger partial charge in [0, 0.05) is 29.5 Å². The molecule has 110 valence electrons. The van der Waals surface area contributed by atoms with Crippen molar-refractivity contribution in [3.63, 3.8) is 0 Å². The van der Waals surface area contributed by atoms with Crippen molar-refractivity contribution in [2.75, 3.05) is 7.05 Å². The lowest BCUT2D eigenvalue weighted by molar-refractivity contribution is 0.519. The minimum atomic E-state index is 0.317. The average Bonchev–Trinajstić information content (AvgIpc) is 2.96. The second kappa shape index (κ2) is 5.79. The van der Waals surface area contributed by atoms with Crippen LogP contribution in [0.5, 0.6) is 0 Å². The SMILES string of the molecule is CNC(C)c1c(C)nn(Cc2ccn(C(C)C)n2)c1C. The van der Waals surface area contributed by atoms with E-state index in [9.17, 15) is 0 Å². The fraction of sp³-hybridized carbons (Fsp3) is 0.600. The summed E-state index contributed by atoms with van der Waals surface area (Å²) < 4.78 is 4.03. The molecule has 0 bridgehead atoms. The fourth-order valence-electron chi connectivity index (χ4n) is 2.54. The van der Waals surface area contributed by atoms with Crippen LogP contribution in [0.15, 0.2) is 12.3 Å². The zero-order valence-corrected chi connectivity index (χ0v) is 13.3. The van der Waals surface area contributed by atoms with Gasteiger partial charge in [0.2, 0.25) is 0 Å². The first-order chi connectivity index (χ1) is 9.43. The van der Waals surface area contributed by atoms with Crippen molar-refractivity contribution in [3.8, 4) is 0 Å². The molecule has 2 aromatic heterocycles. The molecule has 0 aliphatic rings. The van der Waals surface area contributed by atoms with Gasteiger partial charge < -0.3 is 5.32 Å². The van der Waals surface area contributed by atoms with E-state index in [0.717, 1.165) is 17.9 Å². The van der Waals surface area contributed by atoms with Gasteiger partial charge in [-0.25, -0.2) is 0 Å². The highest BCUT2D eigenvalue weighted by molar-refractivity contribution is 5.28. The van der Waals surface area contributed by atoms with Crippen molar-refractivity contribution in [3.05, 3.63) is 34.9 Å². The Kier molecular flexibility index (Phi) is 4.28. The van der Waals surface area contributed by atoms with E-state index in [0.29, 0.717) is 12.1 Å². The van der Waals surface area contributed by atoms with E-state index in [4.69, 9.17) is 0 Å². The molecule has 2 aromatic rings. The second-order valence-corrected chi connectivity index (χ2v) is 5.63. The molecule has 0 saturated carbocycles. The van der Waals surface area contributed by atoms with Crippen LogP contribution in [-0.4, -0.2) is 26.6 Å². The topological polar surface area (TPSA) is 47.7 Å². The third kappa shape index (κ3) is 2.77. The smallest absolute Gasteiger partial charge is 0.0853 e. The quantitative estimate of drug-likeness (QED) is 0.912. The molecule has 0 saturated heterocycles. The molecular formula is C15H25N5. The minimum Gasteiger partial charge on any atom is -0.313 e. The predicted molar refractivity (Wildman–Crippen MR) is 80.9 cm³/mol. The van der Waals surface area contributed by atoms with Crippen LogP contribution in [0, 0.1) is 13.8 Å². The van der Waals surface area contributed by atoms with Crippen LogP contribution in [0.3, 0.4) is 0 Å². The normalized spacial score (nSPS) is 13.2. The largest absolute Gasteiger partial charge is 0.313 e. The molecule has 1 N–H and O–H groups in total. The summed E-state index contributed by atoms with van der Waals surface area (Å²) in [6.45, 7) is 11.3. The van der Waals surface area contributed by atoms with Gasteiger partial charge >= 0.3 is 0 Å². The Morgan fingerprint density at radius 1 is 1.20 bits per heavy atom. The third-order valence-electron chi connectivity index (χ3n) is 3.81. The van der Waals surface area contributed by atoms with Gasteiger partial charge in [-0.3, -0.25) is 9.36 Å². The molecule has 0 aliphatic heterocycles. The zero-order chi connectivity index (χ0) is 14.9. The van der Waals surface area contributed by atoms with E-state index in [2.05, 4.69) is 56.2 Å². The summed E-state index contributed by atoms with van der Waals surface area (Å²) in [4.78, 5) is 0. The van der Waals surface area contributed by atoms with Gasteiger partial charge in [0.15, 0.2) is 0 Å². The van der Waals surface area contributed by atoms with Gasteiger partial charge in [-0.2, -0.15) is 10.2 Å². The Morgan fingerprint density at radius 3 is 2.45 bits per heavy atom. The first kappa shape index (κ1) is 14.8. The summed E-state index contributed by atoms with van der Waals surface area (Å²) in [5.74, 6) is 0. The number of aromatic nitrogens is 4. The van der Waals surface area contributed by atoms with Gasteiger partial charge in [0.25, 0.3) is 0 Å². The molecule has 0 spiro atoms. The van der Waals surface area contributed by atoms with Crippen LogP contribution < -0.4 is 5.32 Å². The van der Waals surface area contributed by atoms with Crippen LogP contribution >= 0.6 is 0 Å². The van der Waals surface area contributed by atoms with Crippen molar-refractivity contribution in [1.82, 2.24) is 24.9 Å². The number of nitrogens with one attached hydrogen (secondary N) is 1. The predicted octanol–water partition coefficient (Wildman–Crippen LogP) is 2.61. The molecule has 5 heteroatoms. The van der Waals surface area contributed by atoms with Crippen molar-refractivity contribution in [1.29, 1.82) is 0 Å². The van der Waals surface area contributed by atoms with Gasteiger partial charge in [0.05, 0.1) is 17.9 Å². The Balaban J connectivity index is 2.25. The van der Waals surface area contributed by atoms with E-state index in [-0.39, 0.29) is 0 Å². The van der Waals surface area contributed by atoms with Crippen molar-refractivity contribution >= 4 is 0 Å². The molecule has 0 amide bonds. The molecule has 2 rings (SSSR count). The van der Waals surface area contributed by atoms with Crippen LogP contribution in [0.4, 0.5) is 0 Å². The minimum absolute atomic E-state index is 0.317. The fourth-order valence-corrected chi connectivity index (χ4v) is 2.54. The van der Waals surface area contributed by atoms with Gasteiger partial charge in [0.1, 0.15) is 0 Å². The molecular weight excluding hydrogens is 250 g/mol. The van der Waals surface area contributed by atoms with Gasteiger partial charge in [-0.15, -0.1) is 0 Å². The summed E-state index contributed by atoms with van der Waals surface area (Å²) in [6, 6.07) is 2.78. The molecule has 0 radical (unpaired) electrons. The Hall–Kier alpha value is -1.62. The first-order valence-corrected chi connectivity index (χ1v) is 7.19. The van der Waals surface area contributed by atoms with Crippen LogP contribution in [0.1, 0.15) is 55.5 Å². The molecule has 0 aromatic carbocycles.